The number of aryl methyl sites for hydroxylation is 1. The quantitative estimate of drug-likeness (QED) is 0.230. The molecule has 1 fully saturated rings. The second-order valence-electron chi connectivity index (χ2n) is 7.77. The van der Waals surface area contributed by atoms with Gasteiger partial charge in [0.25, 0.3) is 0 Å². The molecule has 176 valence electrons. The fourth-order valence-electron chi connectivity index (χ4n) is 3.05. The summed E-state index contributed by atoms with van der Waals surface area (Å²) in [5.74, 6) is 2.28. The van der Waals surface area contributed by atoms with E-state index in [9.17, 15) is 8.42 Å². The number of sulfonamides is 1. The summed E-state index contributed by atoms with van der Waals surface area (Å²) in [6.45, 7) is 6.51. The van der Waals surface area contributed by atoms with E-state index in [1.54, 1.807) is 18.2 Å². The maximum Gasteiger partial charge on any atom is 0.240 e. The van der Waals surface area contributed by atoms with Crippen molar-refractivity contribution in [3.8, 4) is 5.75 Å². The highest BCUT2D eigenvalue weighted by Gasteiger charge is 2.22. The minimum absolute atomic E-state index is 0. The predicted octanol–water partition coefficient (Wildman–Crippen LogP) is 3.57. The summed E-state index contributed by atoms with van der Waals surface area (Å²) in [5.41, 5.74) is 3.07. The van der Waals surface area contributed by atoms with E-state index in [1.807, 2.05) is 13.0 Å². The molecule has 7 nitrogen and oxygen atoms in total. The molecule has 1 aliphatic carbocycles. The zero-order valence-electron chi connectivity index (χ0n) is 18.8. The Kier molecular flexibility index (Phi) is 10.2. The third kappa shape index (κ3) is 7.93. The minimum Gasteiger partial charge on any atom is -0.493 e. The molecule has 0 bridgehead atoms. The summed E-state index contributed by atoms with van der Waals surface area (Å²) in [7, 11) is -2.07. The maximum atomic E-state index is 12.0. The van der Waals surface area contributed by atoms with Crippen molar-refractivity contribution >= 4 is 40.0 Å². The molecule has 0 unspecified atom stereocenters. The highest BCUT2D eigenvalue weighted by Crippen LogP contribution is 2.30. The van der Waals surface area contributed by atoms with Gasteiger partial charge in [0.1, 0.15) is 5.75 Å². The molecule has 3 rings (SSSR count). The van der Waals surface area contributed by atoms with Crippen molar-refractivity contribution in [2.75, 3.05) is 20.2 Å². The Labute approximate surface area is 208 Å². The molecule has 1 aliphatic rings. The van der Waals surface area contributed by atoms with Gasteiger partial charge in [0.2, 0.25) is 10.0 Å². The van der Waals surface area contributed by atoms with E-state index in [-0.39, 0.29) is 28.9 Å². The summed E-state index contributed by atoms with van der Waals surface area (Å²) in [4.78, 5) is 4.85. The molecule has 0 heterocycles. The fourth-order valence-corrected chi connectivity index (χ4v) is 3.85. The molecule has 3 N–H and O–H groups in total. The van der Waals surface area contributed by atoms with Crippen molar-refractivity contribution in [2.45, 2.75) is 44.7 Å². The lowest BCUT2D eigenvalue weighted by molar-refractivity contribution is 0.296. The van der Waals surface area contributed by atoms with E-state index in [0.29, 0.717) is 25.0 Å². The van der Waals surface area contributed by atoms with Crippen molar-refractivity contribution in [1.29, 1.82) is 0 Å². The lowest BCUT2D eigenvalue weighted by atomic mass is 10.1. The summed E-state index contributed by atoms with van der Waals surface area (Å²) in [6.07, 6.45) is 2.51. The van der Waals surface area contributed by atoms with Crippen molar-refractivity contribution in [2.24, 2.45) is 10.9 Å². The number of nitrogens with zero attached hydrogens (tertiary/aromatic N) is 1. The number of ether oxygens (including phenoxy) is 1. The third-order valence-electron chi connectivity index (χ3n) is 5.08. The first kappa shape index (κ1) is 26.4. The van der Waals surface area contributed by atoms with Crippen molar-refractivity contribution < 1.29 is 13.2 Å². The van der Waals surface area contributed by atoms with Crippen LogP contribution < -0.4 is 20.1 Å². The monoisotopic (exact) mass is 572 g/mol. The molecule has 0 aromatic heterocycles. The normalized spacial score (nSPS) is 13.9. The van der Waals surface area contributed by atoms with Crippen LogP contribution in [0.15, 0.2) is 52.4 Å². The Hall–Kier alpha value is -1.85. The van der Waals surface area contributed by atoms with Gasteiger partial charge in [0.15, 0.2) is 5.96 Å². The van der Waals surface area contributed by atoms with Crippen molar-refractivity contribution in [3.63, 3.8) is 0 Å². The largest absolute Gasteiger partial charge is 0.493 e. The van der Waals surface area contributed by atoms with Gasteiger partial charge in [-0.05, 0) is 69.0 Å². The molecule has 1 saturated carbocycles. The summed E-state index contributed by atoms with van der Waals surface area (Å²) in [6, 6.07) is 13.1. The van der Waals surface area contributed by atoms with Gasteiger partial charge in [-0.2, -0.15) is 0 Å². The average Bonchev–Trinajstić information content (AvgIpc) is 3.60. The van der Waals surface area contributed by atoms with Crippen LogP contribution in [-0.2, 0) is 23.1 Å². The maximum absolute atomic E-state index is 12.0. The molecule has 0 saturated heterocycles. The number of hydrogen-bond acceptors (Lipinski definition) is 4. The lowest BCUT2D eigenvalue weighted by Gasteiger charge is -2.15. The van der Waals surface area contributed by atoms with E-state index in [2.05, 4.69) is 45.5 Å². The van der Waals surface area contributed by atoms with Gasteiger partial charge in [-0.25, -0.2) is 18.1 Å². The van der Waals surface area contributed by atoms with Crippen LogP contribution in [0.4, 0.5) is 0 Å². The molecular formula is C23H33IN4O3S. The predicted molar refractivity (Wildman–Crippen MR) is 139 cm³/mol. The summed E-state index contributed by atoms with van der Waals surface area (Å²) in [5, 5.41) is 6.59. The molecular weight excluding hydrogens is 539 g/mol. The number of benzene rings is 2. The number of rotatable bonds is 10. The van der Waals surface area contributed by atoms with E-state index in [0.717, 1.165) is 30.0 Å². The number of nitrogens with one attached hydrogen (secondary N) is 3. The zero-order chi connectivity index (χ0) is 22.3. The highest BCUT2D eigenvalue weighted by molar-refractivity contribution is 14.0. The molecule has 9 heteroatoms. The molecule has 0 radical (unpaired) electrons. The third-order valence-corrected chi connectivity index (χ3v) is 6.49. The number of guanidine groups is 1. The van der Waals surface area contributed by atoms with Crippen LogP contribution in [0.1, 0.15) is 36.5 Å². The van der Waals surface area contributed by atoms with E-state index >= 15 is 0 Å². The van der Waals surface area contributed by atoms with Crippen LogP contribution in [0.2, 0.25) is 0 Å². The van der Waals surface area contributed by atoms with E-state index < -0.39 is 10.0 Å². The second kappa shape index (κ2) is 12.4. The highest BCUT2D eigenvalue weighted by atomic mass is 127. The first-order chi connectivity index (χ1) is 14.9. The Morgan fingerprint density at radius 2 is 1.94 bits per heavy atom. The number of halogens is 1. The SMILES string of the molecule is CCNC(=NCc1cccc(S(=O)(=O)NC)c1)NCc1ccc(C)cc1OCC1CC1.I. The summed E-state index contributed by atoms with van der Waals surface area (Å²) >= 11 is 0. The molecule has 2 aromatic rings. The smallest absolute Gasteiger partial charge is 0.240 e. The van der Waals surface area contributed by atoms with Gasteiger partial charge in [-0.1, -0.05) is 24.3 Å². The molecule has 0 spiro atoms. The van der Waals surface area contributed by atoms with Crippen molar-refractivity contribution in [3.05, 3.63) is 59.2 Å². The topological polar surface area (TPSA) is 91.8 Å². The van der Waals surface area contributed by atoms with E-state index in [4.69, 9.17) is 4.74 Å². The molecule has 2 aromatic carbocycles. The molecule has 0 atom stereocenters. The fraction of sp³-hybridized carbons (Fsp3) is 0.435. The van der Waals surface area contributed by atoms with Crippen LogP contribution >= 0.6 is 24.0 Å². The first-order valence-corrected chi connectivity index (χ1v) is 12.2. The van der Waals surface area contributed by atoms with Crippen molar-refractivity contribution in [1.82, 2.24) is 15.4 Å². The second-order valence-corrected chi connectivity index (χ2v) is 9.66. The lowest BCUT2D eigenvalue weighted by Crippen LogP contribution is -2.36. The molecule has 32 heavy (non-hydrogen) atoms. The minimum atomic E-state index is -3.47. The number of hydrogen-bond donors (Lipinski definition) is 3. The van der Waals surface area contributed by atoms with Gasteiger partial charge in [0, 0.05) is 18.7 Å². The van der Waals surface area contributed by atoms with E-state index in [1.165, 1.54) is 25.5 Å². The van der Waals surface area contributed by atoms with Crippen LogP contribution in [-0.4, -0.2) is 34.6 Å². The molecule has 0 aliphatic heterocycles. The van der Waals surface area contributed by atoms with Gasteiger partial charge >= 0.3 is 0 Å². The van der Waals surface area contributed by atoms with Crippen LogP contribution in [0, 0.1) is 12.8 Å². The van der Waals surface area contributed by atoms with Crippen LogP contribution in [0.3, 0.4) is 0 Å². The van der Waals surface area contributed by atoms with Gasteiger partial charge in [-0.3, -0.25) is 0 Å². The van der Waals surface area contributed by atoms with Gasteiger partial charge in [0.05, 0.1) is 18.0 Å². The Morgan fingerprint density at radius 3 is 2.62 bits per heavy atom. The van der Waals surface area contributed by atoms with Crippen LogP contribution in [0.5, 0.6) is 5.75 Å². The number of aliphatic imine (C=N–C) groups is 1. The standard InChI is InChI=1S/C23H32N4O3S.HI/c1-4-25-23(26-14-19-6-5-7-21(13-19)31(28,29)24-3)27-15-20-11-8-17(2)12-22(20)30-16-18-9-10-18;/h5-8,11-13,18,24H,4,9-10,14-16H2,1-3H3,(H2,25,26,27);1H. The average molecular weight is 573 g/mol. The Morgan fingerprint density at radius 1 is 1.16 bits per heavy atom. The Balaban J connectivity index is 0.00000363. The summed E-state index contributed by atoms with van der Waals surface area (Å²) < 4.78 is 32.4. The Bertz CT molecular complexity index is 1020. The van der Waals surface area contributed by atoms with Gasteiger partial charge in [-0.15, -0.1) is 24.0 Å². The first-order valence-electron chi connectivity index (χ1n) is 10.7. The zero-order valence-corrected chi connectivity index (χ0v) is 22.0. The van der Waals surface area contributed by atoms with Gasteiger partial charge < -0.3 is 15.4 Å². The van der Waals surface area contributed by atoms with Crippen LogP contribution in [0.25, 0.3) is 0 Å². The molecule has 0 amide bonds.